The molecule has 1 aliphatic rings. The first-order chi connectivity index (χ1) is 9.49. The Hall–Kier alpha value is -0.800. The molecule has 1 N–H and O–H groups in total. The van der Waals surface area contributed by atoms with Crippen LogP contribution in [0.1, 0.15) is 33.6 Å². The van der Waals surface area contributed by atoms with E-state index in [4.69, 9.17) is 11.6 Å². The summed E-state index contributed by atoms with van der Waals surface area (Å²) >= 11 is 6.00. The van der Waals surface area contributed by atoms with Crippen LogP contribution in [0.2, 0.25) is 5.02 Å². The van der Waals surface area contributed by atoms with Crippen molar-refractivity contribution in [2.75, 3.05) is 18.0 Å². The molecule has 1 aliphatic heterocycles. The van der Waals surface area contributed by atoms with Crippen molar-refractivity contribution < 1.29 is 4.39 Å². The molecule has 2 atom stereocenters. The van der Waals surface area contributed by atoms with Gasteiger partial charge in [0.2, 0.25) is 0 Å². The van der Waals surface area contributed by atoms with Crippen molar-refractivity contribution in [2.24, 2.45) is 5.92 Å². The molecule has 1 fully saturated rings. The largest absolute Gasteiger partial charge is 0.366 e. The highest BCUT2D eigenvalue weighted by molar-refractivity contribution is 6.30. The number of anilines is 1. The minimum atomic E-state index is -0.263. The van der Waals surface area contributed by atoms with E-state index in [9.17, 15) is 4.39 Å². The summed E-state index contributed by atoms with van der Waals surface area (Å²) in [6.07, 6.45) is 2.17. The van der Waals surface area contributed by atoms with Gasteiger partial charge < -0.3 is 10.2 Å². The molecule has 0 spiro atoms. The van der Waals surface area contributed by atoms with Gasteiger partial charge in [-0.1, -0.05) is 32.4 Å². The molecule has 20 heavy (non-hydrogen) atoms. The van der Waals surface area contributed by atoms with Crippen molar-refractivity contribution in [3.63, 3.8) is 0 Å². The van der Waals surface area contributed by atoms with Crippen molar-refractivity contribution in [3.8, 4) is 0 Å². The maximum Gasteiger partial charge on any atom is 0.126 e. The second-order valence-corrected chi connectivity index (χ2v) is 6.51. The third kappa shape index (κ3) is 3.86. The monoisotopic (exact) mass is 298 g/mol. The zero-order chi connectivity index (χ0) is 14.7. The van der Waals surface area contributed by atoms with Crippen LogP contribution in [0.5, 0.6) is 0 Å². The van der Waals surface area contributed by atoms with E-state index < -0.39 is 0 Å². The molecule has 1 aromatic carbocycles. The first-order valence-corrected chi connectivity index (χ1v) is 7.83. The first-order valence-electron chi connectivity index (χ1n) is 7.45. The van der Waals surface area contributed by atoms with Gasteiger partial charge in [-0.05, 0) is 37.0 Å². The van der Waals surface area contributed by atoms with Gasteiger partial charge in [0.05, 0.1) is 0 Å². The number of rotatable bonds is 4. The molecule has 1 aromatic rings. The van der Waals surface area contributed by atoms with Crippen LogP contribution in [0.15, 0.2) is 18.2 Å². The summed E-state index contributed by atoms with van der Waals surface area (Å²) in [7, 11) is 0. The number of hydrogen-bond donors (Lipinski definition) is 1. The summed E-state index contributed by atoms with van der Waals surface area (Å²) in [5, 5.41) is 4.08. The summed E-state index contributed by atoms with van der Waals surface area (Å²) in [5.74, 6) is 0.393. The highest BCUT2D eigenvalue weighted by atomic mass is 35.5. The van der Waals surface area contributed by atoms with Crippen LogP contribution in [0, 0.1) is 11.7 Å². The molecular weight excluding hydrogens is 275 g/mol. The lowest BCUT2D eigenvalue weighted by Gasteiger charge is -2.42. The lowest BCUT2D eigenvalue weighted by atomic mass is 9.98. The summed E-state index contributed by atoms with van der Waals surface area (Å²) in [5.41, 5.74) is 0.900. The molecule has 1 heterocycles. The quantitative estimate of drug-likeness (QED) is 0.901. The average molecular weight is 299 g/mol. The molecule has 4 heteroatoms. The number of nitrogens with one attached hydrogen (secondary N) is 1. The summed E-state index contributed by atoms with van der Waals surface area (Å²) in [4.78, 5) is 2.30. The van der Waals surface area contributed by atoms with E-state index in [1.807, 2.05) is 6.07 Å². The average Bonchev–Trinajstić information content (AvgIpc) is 2.36. The Morgan fingerprint density at radius 1 is 1.40 bits per heavy atom. The van der Waals surface area contributed by atoms with Crippen LogP contribution in [0.25, 0.3) is 0 Å². The first kappa shape index (κ1) is 15.6. The summed E-state index contributed by atoms with van der Waals surface area (Å²) < 4.78 is 13.6. The van der Waals surface area contributed by atoms with Gasteiger partial charge in [-0.25, -0.2) is 4.39 Å². The molecule has 0 aromatic heterocycles. The molecule has 0 bridgehead atoms. The Balaban J connectivity index is 2.19. The van der Waals surface area contributed by atoms with Gasteiger partial charge in [-0.15, -0.1) is 0 Å². The van der Waals surface area contributed by atoms with E-state index in [0.29, 0.717) is 23.0 Å². The topological polar surface area (TPSA) is 15.3 Å². The SMILES string of the molecule is CCC1CNC(CC(C)C)CN1c1cc(F)cc(Cl)c1. The van der Waals surface area contributed by atoms with Crippen molar-refractivity contribution in [1.29, 1.82) is 0 Å². The Morgan fingerprint density at radius 2 is 2.15 bits per heavy atom. The van der Waals surface area contributed by atoms with E-state index in [0.717, 1.165) is 31.6 Å². The van der Waals surface area contributed by atoms with Crippen LogP contribution in [-0.2, 0) is 0 Å². The van der Waals surface area contributed by atoms with Gasteiger partial charge in [0.15, 0.2) is 0 Å². The molecule has 2 nitrogen and oxygen atoms in total. The Kier molecular flexibility index (Phi) is 5.28. The molecule has 2 unspecified atom stereocenters. The molecule has 0 saturated carbocycles. The van der Waals surface area contributed by atoms with Crippen LogP contribution < -0.4 is 10.2 Å². The molecule has 0 radical (unpaired) electrons. The van der Waals surface area contributed by atoms with E-state index >= 15 is 0 Å². The number of hydrogen-bond acceptors (Lipinski definition) is 2. The Labute approximate surface area is 126 Å². The number of nitrogens with zero attached hydrogens (tertiary/aromatic N) is 1. The van der Waals surface area contributed by atoms with Crippen LogP contribution in [0.4, 0.5) is 10.1 Å². The van der Waals surface area contributed by atoms with Crippen molar-refractivity contribution in [2.45, 2.75) is 45.7 Å². The Bertz CT molecular complexity index is 430. The van der Waals surface area contributed by atoms with Crippen LogP contribution in [-0.4, -0.2) is 25.2 Å². The van der Waals surface area contributed by atoms with Crippen LogP contribution in [0.3, 0.4) is 0 Å². The number of benzene rings is 1. The fourth-order valence-corrected chi connectivity index (χ4v) is 3.19. The molecular formula is C16H24ClFN2. The molecule has 0 aliphatic carbocycles. The van der Waals surface area contributed by atoms with Gasteiger partial charge >= 0.3 is 0 Å². The maximum atomic E-state index is 13.6. The van der Waals surface area contributed by atoms with Gasteiger partial charge in [0.25, 0.3) is 0 Å². The van der Waals surface area contributed by atoms with E-state index in [2.05, 4.69) is 31.0 Å². The normalized spacial score (nSPS) is 23.4. The molecule has 2 rings (SSSR count). The van der Waals surface area contributed by atoms with Gasteiger partial charge in [-0.2, -0.15) is 0 Å². The Morgan fingerprint density at radius 3 is 2.75 bits per heavy atom. The molecule has 0 amide bonds. The second kappa shape index (κ2) is 6.77. The van der Waals surface area contributed by atoms with E-state index in [1.54, 1.807) is 6.07 Å². The molecule has 1 saturated heterocycles. The number of piperazine rings is 1. The van der Waals surface area contributed by atoms with Gasteiger partial charge in [0.1, 0.15) is 5.82 Å². The maximum absolute atomic E-state index is 13.6. The zero-order valence-corrected chi connectivity index (χ0v) is 13.3. The van der Waals surface area contributed by atoms with E-state index in [-0.39, 0.29) is 5.82 Å². The van der Waals surface area contributed by atoms with Crippen molar-refractivity contribution in [3.05, 3.63) is 29.0 Å². The number of halogens is 2. The van der Waals surface area contributed by atoms with E-state index in [1.165, 1.54) is 6.07 Å². The van der Waals surface area contributed by atoms with Crippen LogP contribution >= 0.6 is 11.6 Å². The minimum absolute atomic E-state index is 0.263. The highest BCUT2D eigenvalue weighted by Gasteiger charge is 2.27. The predicted octanol–water partition coefficient (Wildman–Crippen LogP) is 4.08. The minimum Gasteiger partial charge on any atom is -0.366 e. The standard InChI is InChI=1S/C16H24ClFN2/c1-4-15-9-19-14(5-11(2)3)10-20(15)16-7-12(17)6-13(18)8-16/h6-8,11,14-15,19H,4-5,9-10H2,1-3H3. The fraction of sp³-hybridized carbons (Fsp3) is 0.625. The summed E-state index contributed by atoms with van der Waals surface area (Å²) in [6, 6.07) is 5.67. The third-order valence-electron chi connectivity index (χ3n) is 3.91. The zero-order valence-electron chi connectivity index (χ0n) is 12.5. The van der Waals surface area contributed by atoms with Crippen molar-refractivity contribution >= 4 is 17.3 Å². The highest BCUT2D eigenvalue weighted by Crippen LogP contribution is 2.27. The second-order valence-electron chi connectivity index (χ2n) is 6.08. The fourth-order valence-electron chi connectivity index (χ4n) is 2.98. The lowest BCUT2D eigenvalue weighted by molar-refractivity contribution is 0.343. The predicted molar refractivity (Wildman–Crippen MR) is 84.1 cm³/mol. The molecule has 112 valence electrons. The summed E-state index contributed by atoms with van der Waals surface area (Å²) in [6.45, 7) is 8.50. The smallest absolute Gasteiger partial charge is 0.126 e. The third-order valence-corrected chi connectivity index (χ3v) is 4.12. The van der Waals surface area contributed by atoms with Gasteiger partial charge in [0, 0.05) is 35.9 Å². The lowest BCUT2D eigenvalue weighted by Crippen LogP contribution is -2.56. The van der Waals surface area contributed by atoms with Gasteiger partial charge in [-0.3, -0.25) is 0 Å². The van der Waals surface area contributed by atoms with Crippen molar-refractivity contribution in [1.82, 2.24) is 5.32 Å².